The van der Waals surface area contributed by atoms with Gasteiger partial charge in [0.25, 0.3) is 0 Å². The Morgan fingerprint density at radius 2 is 1.18 bits per heavy atom. The van der Waals surface area contributed by atoms with Gasteiger partial charge in [-0.1, -0.05) is 72.6 Å². The lowest BCUT2D eigenvalue weighted by atomic mass is 9.67. The number of unbranched alkanes of at least 4 members (excludes halogenated alkanes) is 5. The third-order valence-electron chi connectivity index (χ3n) is 10.2. The van der Waals surface area contributed by atoms with Crippen molar-refractivity contribution >= 4 is 20.9 Å². The van der Waals surface area contributed by atoms with Crippen LogP contribution in [0.5, 0.6) is 0 Å². The molecule has 3 aliphatic rings. The highest BCUT2D eigenvalue weighted by molar-refractivity contribution is 6.54. The summed E-state index contributed by atoms with van der Waals surface area (Å²) in [5, 5.41) is 0. The molecule has 3 fully saturated rings. The number of likely N-dealkylation sites (N-methyl/N-ethyl adjacent to an activating group) is 3. The van der Waals surface area contributed by atoms with Gasteiger partial charge >= 0.3 is 20.9 Å². The van der Waals surface area contributed by atoms with Crippen molar-refractivity contribution in [3.63, 3.8) is 0 Å². The van der Waals surface area contributed by atoms with Gasteiger partial charge in [-0.2, -0.15) is 0 Å². The Morgan fingerprint density at radius 1 is 0.538 bits per heavy atom. The zero-order valence-electron chi connectivity index (χ0n) is 27.3. The molecule has 0 aromatic carbocycles. The predicted octanol–water partition coefficient (Wildman–Crippen LogP) is 5.30. The van der Waals surface area contributed by atoms with E-state index in [-0.39, 0.29) is 0 Å². The molecule has 224 valence electrons. The number of nitrogens with zero attached hydrogens (tertiary/aromatic N) is 6. The quantitative estimate of drug-likeness (QED) is 0.153. The molecule has 3 saturated heterocycles. The fourth-order valence-corrected chi connectivity index (χ4v) is 7.85. The lowest BCUT2D eigenvalue weighted by Crippen LogP contribution is -2.46. The Labute approximate surface area is 245 Å². The van der Waals surface area contributed by atoms with Crippen LogP contribution in [-0.2, 0) is 0 Å². The molecule has 0 aliphatic carbocycles. The lowest BCUT2D eigenvalue weighted by molar-refractivity contribution is 0.312. The van der Waals surface area contributed by atoms with Gasteiger partial charge in [-0.25, -0.2) is 0 Å². The Morgan fingerprint density at radius 3 is 1.85 bits per heavy atom. The van der Waals surface area contributed by atoms with Crippen molar-refractivity contribution in [2.75, 3.05) is 73.0 Å². The molecule has 0 aromatic rings. The van der Waals surface area contributed by atoms with E-state index in [9.17, 15) is 0 Å². The molecule has 0 spiro atoms. The van der Waals surface area contributed by atoms with Crippen molar-refractivity contribution in [2.24, 2.45) is 0 Å². The zero-order chi connectivity index (χ0) is 28.0. The average molecular weight is 542 g/mol. The van der Waals surface area contributed by atoms with E-state index < -0.39 is 0 Å². The molecule has 0 bridgehead atoms. The van der Waals surface area contributed by atoms with Crippen LogP contribution in [-0.4, -0.2) is 129 Å². The van der Waals surface area contributed by atoms with Crippen molar-refractivity contribution < 1.29 is 0 Å². The van der Waals surface area contributed by atoms with Crippen LogP contribution in [0.4, 0.5) is 0 Å². The number of hydrogen-bond donors (Lipinski definition) is 0. The van der Waals surface area contributed by atoms with Gasteiger partial charge in [0.05, 0.1) is 0 Å². The molecule has 0 aromatic heterocycles. The first-order valence-corrected chi connectivity index (χ1v) is 17.4. The zero-order valence-corrected chi connectivity index (χ0v) is 27.3. The molecule has 9 heteroatoms. The van der Waals surface area contributed by atoms with Gasteiger partial charge in [0.1, 0.15) is 0 Å². The van der Waals surface area contributed by atoms with Gasteiger partial charge in [-0.3, -0.25) is 0 Å². The Bertz CT molecular complexity index is 636. The largest absolute Gasteiger partial charge is 0.330 e. The summed E-state index contributed by atoms with van der Waals surface area (Å²) in [7, 11) is 4.62. The van der Waals surface area contributed by atoms with Crippen LogP contribution in [0.1, 0.15) is 98.3 Å². The number of rotatable bonds is 20. The smallest absolute Gasteiger partial charge is 0.311 e. The van der Waals surface area contributed by atoms with Crippen LogP contribution in [0.25, 0.3) is 0 Å². The molecular formula is C30H65B3N6. The summed E-state index contributed by atoms with van der Waals surface area (Å²) in [6.45, 7) is 22.9. The summed E-state index contributed by atoms with van der Waals surface area (Å²) in [5.74, 6) is 0. The van der Waals surface area contributed by atoms with Gasteiger partial charge in [0.15, 0.2) is 0 Å². The minimum Gasteiger partial charge on any atom is -0.330 e. The van der Waals surface area contributed by atoms with Gasteiger partial charge in [-0.15, -0.1) is 0 Å². The molecule has 0 N–H and O–H groups in total. The molecule has 0 radical (unpaired) electrons. The Hall–Kier alpha value is -0.0452. The van der Waals surface area contributed by atoms with Gasteiger partial charge < -0.3 is 28.9 Å². The molecule has 1 unspecified atom stereocenters. The van der Waals surface area contributed by atoms with Crippen LogP contribution >= 0.6 is 0 Å². The SMILES string of the molecule is CCCCB1N(CC)CCN1CCCCCN1B(CCCC)N(CCC)CC1CCCCB1N(C)CCN1C. The van der Waals surface area contributed by atoms with Gasteiger partial charge in [-0.05, 0) is 84.9 Å². The van der Waals surface area contributed by atoms with E-state index in [0.717, 1.165) is 6.04 Å². The molecule has 0 saturated carbocycles. The summed E-state index contributed by atoms with van der Waals surface area (Å²) in [4.78, 5) is 16.5. The highest BCUT2D eigenvalue weighted by atomic mass is 15.3. The van der Waals surface area contributed by atoms with Gasteiger partial charge in [0.2, 0.25) is 0 Å². The molecule has 3 heterocycles. The summed E-state index contributed by atoms with van der Waals surface area (Å²) in [5.41, 5.74) is 0. The van der Waals surface area contributed by atoms with E-state index in [1.54, 1.807) is 0 Å². The molecule has 39 heavy (non-hydrogen) atoms. The van der Waals surface area contributed by atoms with Crippen molar-refractivity contribution in [3.8, 4) is 0 Å². The highest BCUT2D eigenvalue weighted by Crippen LogP contribution is 2.27. The maximum absolute atomic E-state index is 2.98. The van der Waals surface area contributed by atoms with Crippen LogP contribution in [0.15, 0.2) is 0 Å². The monoisotopic (exact) mass is 543 g/mol. The van der Waals surface area contributed by atoms with Gasteiger partial charge in [0, 0.05) is 38.8 Å². The Balaban J connectivity index is 1.47. The first-order chi connectivity index (χ1) is 19.0. The van der Waals surface area contributed by atoms with Crippen LogP contribution in [0.3, 0.4) is 0 Å². The topological polar surface area (TPSA) is 19.4 Å². The van der Waals surface area contributed by atoms with E-state index in [2.05, 4.69) is 70.7 Å². The summed E-state index contributed by atoms with van der Waals surface area (Å²) >= 11 is 0. The fourth-order valence-electron chi connectivity index (χ4n) is 7.85. The lowest BCUT2D eigenvalue weighted by Gasteiger charge is -2.30. The minimum absolute atomic E-state index is 0.667. The van der Waals surface area contributed by atoms with E-state index in [1.165, 1.54) is 148 Å². The molecule has 6 nitrogen and oxygen atoms in total. The maximum atomic E-state index is 2.98. The van der Waals surface area contributed by atoms with E-state index in [0.29, 0.717) is 20.9 Å². The fraction of sp³-hybridized carbons (Fsp3) is 1.00. The summed E-state index contributed by atoms with van der Waals surface area (Å²) in [6.07, 6.45) is 19.0. The average Bonchev–Trinajstić information content (AvgIpc) is 3.59. The maximum Gasteiger partial charge on any atom is 0.311 e. The van der Waals surface area contributed by atoms with Crippen molar-refractivity contribution in [1.29, 1.82) is 0 Å². The highest BCUT2D eigenvalue weighted by Gasteiger charge is 2.41. The molecular weight excluding hydrogens is 477 g/mol. The van der Waals surface area contributed by atoms with Crippen molar-refractivity contribution in [2.45, 2.75) is 123 Å². The minimum atomic E-state index is 0.667. The predicted molar refractivity (Wildman–Crippen MR) is 176 cm³/mol. The van der Waals surface area contributed by atoms with Crippen LogP contribution < -0.4 is 0 Å². The second-order valence-electron chi connectivity index (χ2n) is 13.1. The molecule has 0 amide bonds. The molecule has 3 aliphatic heterocycles. The second-order valence-corrected chi connectivity index (χ2v) is 13.1. The second kappa shape index (κ2) is 18.5. The third kappa shape index (κ3) is 10.0. The van der Waals surface area contributed by atoms with Crippen LogP contribution in [0.2, 0.25) is 19.0 Å². The van der Waals surface area contributed by atoms with E-state index in [4.69, 9.17) is 0 Å². The molecule has 1 atom stereocenters. The van der Waals surface area contributed by atoms with Crippen LogP contribution in [0, 0.1) is 0 Å². The van der Waals surface area contributed by atoms with Crippen molar-refractivity contribution in [1.82, 2.24) is 28.9 Å². The summed E-state index contributed by atoms with van der Waals surface area (Å²) < 4.78 is 0. The first kappa shape index (κ1) is 33.5. The van der Waals surface area contributed by atoms with E-state index in [1.807, 2.05) is 0 Å². The number of hydrogen-bond acceptors (Lipinski definition) is 6. The van der Waals surface area contributed by atoms with E-state index >= 15 is 0 Å². The standard InChI is InChI=1S/C30H65B3N6/c1-7-11-19-32-36(10-4)27-28-37(32)23-16-13-17-24-39-30(29-38(22-9-3)33(39)20-12-8-2)18-14-15-21-31-34(5)25-26-35(31)6/h30H,7-29H2,1-6H3. The van der Waals surface area contributed by atoms with Crippen molar-refractivity contribution in [3.05, 3.63) is 0 Å². The Kier molecular flexibility index (Phi) is 15.9. The summed E-state index contributed by atoms with van der Waals surface area (Å²) in [6, 6.07) is 0.771. The first-order valence-electron chi connectivity index (χ1n) is 17.4. The third-order valence-corrected chi connectivity index (χ3v) is 10.2. The normalized spacial score (nSPS) is 22.9. The molecule has 3 rings (SSSR count).